The Morgan fingerprint density at radius 1 is 1.06 bits per heavy atom. The van der Waals surface area contributed by atoms with Crippen LogP contribution in [0.4, 0.5) is 10.1 Å². The van der Waals surface area contributed by atoms with Crippen molar-refractivity contribution in [1.82, 2.24) is 4.31 Å². The number of rotatable bonds is 6. The molecular formula is C23H29FN2O5S2. The highest BCUT2D eigenvalue weighted by Gasteiger charge is 2.53. The van der Waals surface area contributed by atoms with E-state index in [1.807, 2.05) is 0 Å². The number of fused-ring (bicyclic) bond motifs is 2. The quantitative estimate of drug-likeness (QED) is 0.646. The monoisotopic (exact) mass is 496 g/mol. The van der Waals surface area contributed by atoms with Gasteiger partial charge in [-0.15, -0.1) is 0 Å². The number of benzene rings is 2. The summed E-state index contributed by atoms with van der Waals surface area (Å²) in [5.74, 6) is -0.753. The summed E-state index contributed by atoms with van der Waals surface area (Å²) in [7, 11) is -6.77. The molecule has 33 heavy (non-hydrogen) atoms. The van der Waals surface area contributed by atoms with Crippen molar-refractivity contribution in [3.63, 3.8) is 0 Å². The van der Waals surface area contributed by atoms with Gasteiger partial charge in [-0.1, -0.05) is 26.8 Å². The first-order valence-electron chi connectivity index (χ1n) is 10.7. The molecule has 2 fully saturated rings. The lowest BCUT2D eigenvalue weighted by Gasteiger charge is -2.39. The second-order valence-corrected chi connectivity index (χ2v) is 13.7. The highest BCUT2D eigenvalue weighted by Crippen LogP contribution is 2.53. The maximum atomic E-state index is 13.7. The molecule has 4 rings (SSSR count). The SMILES string of the molecule is COc1ccc(F)cc1S(=O)(=O)Nc1cccc(S(=O)(=O)N2CC3(C)CC2CC(C)(C)C3)c1. The summed E-state index contributed by atoms with van der Waals surface area (Å²) in [6.45, 7) is 6.92. The van der Waals surface area contributed by atoms with Gasteiger partial charge in [0, 0.05) is 12.6 Å². The van der Waals surface area contributed by atoms with E-state index in [-0.39, 0.29) is 38.1 Å². The fraction of sp³-hybridized carbons (Fsp3) is 0.478. The van der Waals surface area contributed by atoms with E-state index in [1.165, 1.54) is 37.4 Å². The molecule has 2 aromatic carbocycles. The predicted molar refractivity (Wildman–Crippen MR) is 124 cm³/mol. The van der Waals surface area contributed by atoms with E-state index in [1.54, 1.807) is 4.31 Å². The minimum absolute atomic E-state index is 0.0165. The van der Waals surface area contributed by atoms with Crippen molar-refractivity contribution < 1.29 is 26.0 Å². The van der Waals surface area contributed by atoms with Gasteiger partial charge >= 0.3 is 0 Å². The van der Waals surface area contributed by atoms with Gasteiger partial charge in [-0.3, -0.25) is 4.72 Å². The van der Waals surface area contributed by atoms with Crippen molar-refractivity contribution in [2.24, 2.45) is 10.8 Å². The van der Waals surface area contributed by atoms with Crippen LogP contribution >= 0.6 is 0 Å². The van der Waals surface area contributed by atoms with Gasteiger partial charge in [-0.2, -0.15) is 4.31 Å². The highest BCUT2D eigenvalue weighted by molar-refractivity contribution is 7.92. The van der Waals surface area contributed by atoms with Crippen LogP contribution in [-0.2, 0) is 20.0 Å². The summed E-state index contributed by atoms with van der Waals surface area (Å²) in [4.78, 5) is -0.357. The van der Waals surface area contributed by atoms with E-state index in [4.69, 9.17) is 4.74 Å². The van der Waals surface area contributed by atoms with Crippen LogP contribution in [0.2, 0.25) is 0 Å². The number of anilines is 1. The number of nitrogens with one attached hydrogen (secondary N) is 1. The molecule has 2 aliphatic rings. The summed E-state index contributed by atoms with van der Waals surface area (Å²) >= 11 is 0. The van der Waals surface area contributed by atoms with Crippen LogP contribution in [0, 0.1) is 16.6 Å². The topological polar surface area (TPSA) is 92.8 Å². The number of methoxy groups -OCH3 is 1. The lowest BCUT2D eigenvalue weighted by molar-refractivity contribution is 0.133. The second kappa shape index (κ2) is 7.95. The molecule has 10 heteroatoms. The molecule has 1 aliphatic carbocycles. The molecule has 2 aromatic rings. The first-order chi connectivity index (χ1) is 15.2. The summed E-state index contributed by atoms with van der Waals surface area (Å²) < 4.78 is 75.6. The molecule has 1 saturated heterocycles. The average molecular weight is 497 g/mol. The molecule has 2 bridgehead atoms. The standard InChI is InChI=1S/C23H29FN2O5S2/c1-22(2)12-18-13-23(3,14-22)15-26(18)33(29,30)19-7-5-6-17(11-19)25-32(27,28)21-10-16(24)8-9-20(21)31-4/h5-11,18,25H,12-15H2,1-4H3. The number of sulfonamides is 2. The molecule has 0 spiro atoms. The minimum atomic E-state index is -4.22. The molecule has 1 saturated carbocycles. The molecule has 0 radical (unpaired) electrons. The van der Waals surface area contributed by atoms with Gasteiger partial charge in [0.2, 0.25) is 10.0 Å². The first kappa shape index (κ1) is 24.0. The third-order valence-corrected chi connectivity index (χ3v) is 9.77. The number of hydrogen-bond donors (Lipinski definition) is 1. The smallest absolute Gasteiger partial charge is 0.265 e. The van der Waals surface area contributed by atoms with Crippen LogP contribution in [0.25, 0.3) is 0 Å². The summed E-state index contributed by atoms with van der Waals surface area (Å²) in [5.41, 5.74) is 0.0480. The maximum Gasteiger partial charge on any atom is 0.265 e. The molecule has 180 valence electrons. The van der Waals surface area contributed by atoms with E-state index in [9.17, 15) is 21.2 Å². The Morgan fingerprint density at radius 2 is 1.79 bits per heavy atom. The fourth-order valence-corrected chi connectivity index (χ4v) is 8.67. The largest absolute Gasteiger partial charge is 0.495 e. The Bertz CT molecular complexity index is 1290. The maximum absolute atomic E-state index is 13.7. The van der Waals surface area contributed by atoms with Gasteiger partial charge in [-0.05, 0) is 66.5 Å². The van der Waals surface area contributed by atoms with Crippen LogP contribution in [0.1, 0.15) is 40.0 Å². The summed E-state index contributed by atoms with van der Waals surface area (Å²) in [6.07, 6.45) is 2.56. The predicted octanol–water partition coefficient (Wildman–Crippen LogP) is 4.22. The summed E-state index contributed by atoms with van der Waals surface area (Å²) in [6, 6.07) is 8.79. The summed E-state index contributed by atoms with van der Waals surface area (Å²) in [5, 5.41) is 0. The number of halogens is 1. The van der Waals surface area contributed by atoms with Crippen molar-refractivity contribution in [3.05, 3.63) is 48.3 Å². The Kier molecular flexibility index (Phi) is 5.78. The van der Waals surface area contributed by atoms with E-state index in [2.05, 4.69) is 25.5 Å². The van der Waals surface area contributed by atoms with Crippen molar-refractivity contribution in [1.29, 1.82) is 0 Å². The number of nitrogens with zero attached hydrogens (tertiary/aromatic N) is 1. The van der Waals surface area contributed by atoms with Crippen LogP contribution < -0.4 is 9.46 Å². The molecule has 0 aromatic heterocycles. The van der Waals surface area contributed by atoms with Gasteiger partial charge in [0.25, 0.3) is 10.0 Å². The van der Waals surface area contributed by atoms with Gasteiger partial charge in [0.05, 0.1) is 17.7 Å². The van der Waals surface area contributed by atoms with Crippen LogP contribution in [-0.4, -0.2) is 40.8 Å². The lowest BCUT2D eigenvalue weighted by Crippen LogP contribution is -2.37. The zero-order valence-corrected chi connectivity index (χ0v) is 20.8. The molecule has 7 nitrogen and oxygen atoms in total. The fourth-order valence-electron chi connectivity index (χ4n) is 5.62. The Hall–Kier alpha value is -2.17. The first-order valence-corrected chi connectivity index (χ1v) is 13.7. The molecule has 0 amide bonds. The zero-order valence-electron chi connectivity index (χ0n) is 19.1. The van der Waals surface area contributed by atoms with Crippen molar-refractivity contribution in [2.45, 2.75) is 55.9 Å². The molecule has 1 heterocycles. The van der Waals surface area contributed by atoms with Gasteiger partial charge in [0.15, 0.2) is 0 Å². The van der Waals surface area contributed by atoms with Gasteiger partial charge in [-0.25, -0.2) is 21.2 Å². The van der Waals surface area contributed by atoms with E-state index in [0.717, 1.165) is 31.4 Å². The van der Waals surface area contributed by atoms with Crippen LogP contribution in [0.15, 0.2) is 52.3 Å². The molecule has 1 N–H and O–H groups in total. The number of hydrogen-bond acceptors (Lipinski definition) is 5. The second-order valence-electron chi connectivity index (χ2n) is 10.2. The molecule has 2 unspecified atom stereocenters. The molecular weight excluding hydrogens is 467 g/mol. The van der Waals surface area contributed by atoms with Crippen molar-refractivity contribution in [2.75, 3.05) is 18.4 Å². The average Bonchev–Trinajstić information content (AvgIpc) is 2.97. The van der Waals surface area contributed by atoms with E-state index < -0.39 is 25.9 Å². The number of ether oxygens (including phenoxy) is 1. The van der Waals surface area contributed by atoms with Crippen molar-refractivity contribution >= 4 is 25.7 Å². The lowest BCUT2D eigenvalue weighted by atomic mass is 9.65. The zero-order chi connectivity index (χ0) is 24.2. The Labute approximate surface area is 195 Å². The van der Waals surface area contributed by atoms with E-state index >= 15 is 0 Å². The third-order valence-electron chi connectivity index (χ3n) is 6.47. The highest BCUT2D eigenvalue weighted by atomic mass is 32.2. The van der Waals surface area contributed by atoms with Crippen LogP contribution in [0.3, 0.4) is 0 Å². The van der Waals surface area contributed by atoms with Crippen LogP contribution in [0.5, 0.6) is 5.75 Å². The minimum Gasteiger partial charge on any atom is -0.495 e. The third kappa shape index (κ3) is 4.61. The normalized spacial score (nSPS) is 25.1. The van der Waals surface area contributed by atoms with Crippen molar-refractivity contribution in [3.8, 4) is 5.75 Å². The Balaban J connectivity index is 1.64. The van der Waals surface area contributed by atoms with Gasteiger partial charge < -0.3 is 4.74 Å². The Morgan fingerprint density at radius 3 is 2.48 bits per heavy atom. The van der Waals surface area contributed by atoms with E-state index in [0.29, 0.717) is 6.54 Å². The molecule has 2 atom stereocenters. The molecule has 1 aliphatic heterocycles. The van der Waals surface area contributed by atoms with Gasteiger partial charge in [0.1, 0.15) is 16.5 Å².